The van der Waals surface area contributed by atoms with Crippen LogP contribution in [0.4, 0.5) is 4.79 Å². The van der Waals surface area contributed by atoms with Gasteiger partial charge in [0, 0.05) is 6.42 Å². The average Bonchev–Trinajstić information content (AvgIpc) is 3.03. The summed E-state index contributed by atoms with van der Waals surface area (Å²) in [5.74, 6) is 0.0390. The molecule has 6 heteroatoms. The predicted molar refractivity (Wildman–Crippen MR) is 112 cm³/mol. The summed E-state index contributed by atoms with van der Waals surface area (Å²) in [6.07, 6.45) is -0.145. The molecule has 0 N–H and O–H groups in total. The van der Waals surface area contributed by atoms with Crippen LogP contribution in [-0.2, 0) is 14.0 Å². The first-order valence-electron chi connectivity index (χ1n) is 9.56. The minimum absolute atomic E-state index is 0.0390. The van der Waals surface area contributed by atoms with Crippen molar-refractivity contribution in [1.29, 1.82) is 0 Å². The van der Waals surface area contributed by atoms with Crippen LogP contribution in [0, 0.1) is 0 Å². The van der Waals surface area contributed by atoms with Gasteiger partial charge in [0.05, 0.1) is 19.2 Å². The third-order valence-electron chi connectivity index (χ3n) is 4.54. The minimum atomic E-state index is -1.92. The molecule has 0 radical (unpaired) electrons. The summed E-state index contributed by atoms with van der Waals surface area (Å²) in [7, 11) is -1.92. The highest BCUT2D eigenvalue weighted by Crippen LogP contribution is 2.19. The van der Waals surface area contributed by atoms with Crippen molar-refractivity contribution < 1.29 is 18.8 Å². The Bertz CT molecular complexity index is 765. The third-order valence-corrected chi connectivity index (χ3v) is 7.05. The molecule has 2 aromatic rings. The lowest BCUT2D eigenvalue weighted by Gasteiger charge is -2.29. The van der Waals surface area contributed by atoms with E-state index in [-0.39, 0.29) is 18.4 Å². The van der Waals surface area contributed by atoms with Crippen molar-refractivity contribution in [3.05, 3.63) is 60.7 Å². The van der Waals surface area contributed by atoms with Crippen LogP contribution in [0.5, 0.6) is 0 Å². The van der Waals surface area contributed by atoms with Gasteiger partial charge >= 0.3 is 6.09 Å². The molecule has 1 aliphatic heterocycles. The van der Waals surface area contributed by atoms with Crippen molar-refractivity contribution in [2.45, 2.75) is 38.8 Å². The number of likely N-dealkylation sites (tertiary alicyclic amines) is 1. The maximum Gasteiger partial charge on any atom is 0.411 e. The number of amides is 1. The molecule has 1 aliphatic rings. The molecular formula is C22H27NO4Si. The minimum Gasteiger partial charge on any atom is -0.444 e. The van der Waals surface area contributed by atoms with E-state index in [0.717, 1.165) is 0 Å². The molecule has 1 fully saturated rings. The summed E-state index contributed by atoms with van der Waals surface area (Å²) in [6.45, 7) is 5.88. The molecule has 1 saturated heterocycles. The zero-order valence-electron chi connectivity index (χ0n) is 16.6. The van der Waals surface area contributed by atoms with Crippen LogP contribution < -0.4 is 10.4 Å². The average molecular weight is 398 g/mol. The fraction of sp³-hybridized carbons (Fsp3) is 0.364. The topological polar surface area (TPSA) is 55.8 Å². The van der Waals surface area contributed by atoms with Crippen molar-refractivity contribution in [1.82, 2.24) is 4.90 Å². The molecular weight excluding hydrogens is 370 g/mol. The lowest BCUT2D eigenvalue weighted by Crippen LogP contribution is -2.48. The van der Waals surface area contributed by atoms with E-state index in [4.69, 9.17) is 9.16 Å². The van der Waals surface area contributed by atoms with E-state index in [1.54, 1.807) is 0 Å². The summed E-state index contributed by atoms with van der Waals surface area (Å²) >= 11 is 0. The largest absolute Gasteiger partial charge is 0.444 e. The lowest BCUT2D eigenvalue weighted by atomic mass is 10.2. The Labute approximate surface area is 168 Å². The second kappa shape index (κ2) is 8.71. The van der Waals surface area contributed by atoms with Crippen LogP contribution in [0.15, 0.2) is 60.7 Å². The van der Waals surface area contributed by atoms with Gasteiger partial charge in [-0.1, -0.05) is 60.7 Å². The van der Waals surface area contributed by atoms with Gasteiger partial charge < -0.3 is 9.16 Å². The van der Waals surface area contributed by atoms with Crippen LogP contribution in [0.1, 0.15) is 27.2 Å². The molecule has 0 saturated carbocycles. The molecule has 1 amide bonds. The van der Waals surface area contributed by atoms with E-state index in [0.29, 0.717) is 13.0 Å². The predicted octanol–water partition coefficient (Wildman–Crippen LogP) is 2.12. The summed E-state index contributed by atoms with van der Waals surface area (Å²) < 4.78 is 11.9. The number of hydrogen-bond donors (Lipinski definition) is 0. The summed E-state index contributed by atoms with van der Waals surface area (Å²) in [5.41, 5.74) is -0.598. The Morgan fingerprint density at radius 1 is 1.04 bits per heavy atom. The molecule has 3 rings (SSSR count). The zero-order chi connectivity index (χ0) is 20.1. The zero-order valence-corrected chi connectivity index (χ0v) is 17.8. The normalized spacial score (nSPS) is 17.2. The lowest BCUT2D eigenvalue weighted by molar-refractivity contribution is -0.117. The van der Waals surface area contributed by atoms with Crippen molar-refractivity contribution >= 4 is 31.3 Å². The van der Waals surface area contributed by atoms with Crippen LogP contribution in [0.3, 0.4) is 0 Å². The smallest absolute Gasteiger partial charge is 0.411 e. The van der Waals surface area contributed by atoms with Crippen molar-refractivity contribution in [2.75, 3.05) is 13.2 Å². The van der Waals surface area contributed by atoms with E-state index in [1.807, 2.05) is 57.2 Å². The van der Waals surface area contributed by atoms with Crippen molar-refractivity contribution in [3.8, 4) is 0 Å². The third kappa shape index (κ3) is 5.30. The number of benzene rings is 2. The van der Waals surface area contributed by atoms with E-state index in [2.05, 4.69) is 24.3 Å². The first kappa shape index (κ1) is 20.3. The van der Waals surface area contributed by atoms with Gasteiger partial charge in [0.15, 0.2) is 5.78 Å². The van der Waals surface area contributed by atoms with Gasteiger partial charge in [-0.3, -0.25) is 9.69 Å². The Hall–Kier alpha value is -2.44. The first-order chi connectivity index (χ1) is 13.3. The molecule has 1 atom stereocenters. The quantitative estimate of drug-likeness (QED) is 0.726. The van der Waals surface area contributed by atoms with Gasteiger partial charge in [0.1, 0.15) is 5.60 Å². The second-order valence-corrected chi connectivity index (χ2v) is 10.5. The van der Waals surface area contributed by atoms with Crippen molar-refractivity contribution in [3.63, 3.8) is 0 Å². The van der Waals surface area contributed by atoms with Gasteiger partial charge in [-0.05, 0) is 31.1 Å². The Kier molecular flexibility index (Phi) is 6.31. The summed E-state index contributed by atoms with van der Waals surface area (Å²) in [6, 6.07) is 20.0. The van der Waals surface area contributed by atoms with E-state index in [9.17, 15) is 9.59 Å². The van der Waals surface area contributed by atoms with Crippen molar-refractivity contribution in [2.24, 2.45) is 0 Å². The Morgan fingerprint density at radius 3 is 2.07 bits per heavy atom. The first-order valence-corrected chi connectivity index (χ1v) is 11.2. The highest BCUT2D eigenvalue weighted by molar-refractivity contribution is 6.80. The van der Waals surface area contributed by atoms with E-state index in [1.165, 1.54) is 15.3 Å². The Morgan fingerprint density at radius 2 is 1.57 bits per heavy atom. The van der Waals surface area contributed by atoms with Crippen LogP contribution in [0.25, 0.3) is 0 Å². The summed E-state index contributed by atoms with van der Waals surface area (Å²) in [5, 5.41) is 2.34. The molecule has 28 heavy (non-hydrogen) atoms. The van der Waals surface area contributed by atoms with Gasteiger partial charge in [0.25, 0.3) is 0 Å². The number of Topliss-reactive ketones (excluding diaryl/α,β-unsaturated/α-hetero) is 1. The number of rotatable bonds is 5. The summed E-state index contributed by atoms with van der Waals surface area (Å²) in [4.78, 5) is 26.0. The molecule has 1 heterocycles. The molecule has 0 spiro atoms. The van der Waals surface area contributed by atoms with Gasteiger partial charge in [-0.2, -0.15) is 0 Å². The number of ketones is 1. The molecule has 2 aromatic carbocycles. The number of hydrogen-bond acceptors (Lipinski definition) is 4. The standard InChI is InChI=1S/C22H27NO4Si/c1-22(2,3)27-21(25)23-15-18(24)14-17(23)16-26-28(19-10-6-4-7-11-19)20-12-8-5-9-13-20/h4-13,17,28H,14-16H2,1-3H3/t17-/m1/s1. The Balaban J connectivity index is 1.75. The molecule has 148 valence electrons. The number of nitrogens with zero attached hydrogens (tertiary/aromatic N) is 1. The molecule has 0 bridgehead atoms. The maximum atomic E-state index is 12.5. The molecule has 5 nitrogen and oxygen atoms in total. The monoisotopic (exact) mass is 397 g/mol. The SMILES string of the molecule is CC(C)(C)OC(=O)N1CC(=O)C[C@@H]1CO[SiH](c1ccccc1)c1ccccc1. The maximum absolute atomic E-state index is 12.5. The van der Waals surface area contributed by atoms with E-state index < -0.39 is 20.7 Å². The van der Waals surface area contributed by atoms with Gasteiger partial charge in [-0.15, -0.1) is 0 Å². The van der Waals surface area contributed by atoms with Crippen LogP contribution in [-0.4, -0.2) is 50.6 Å². The molecule has 0 aromatic heterocycles. The van der Waals surface area contributed by atoms with Crippen LogP contribution in [0.2, 0.25) is 0 Å². The second-order valence-electron chi connectivity index (χ2n) is 8.04. The molecule has 0 aliphatic carbocycles. The van der Waals surface area contributed by atoms with Crippen LogP contribution >= 0.6 is 0 Å². The van der Waals surface area contributed by atoms with Gasteiger partial charge in [0.2, 0.25) is 9.04 Å². The molecule has 0 unspecified atom stereocenters. The number of carbonyl (C=O) groups excluding carboxylic acids is 2. The van der Waals surface area contributed by atoms with E-state index >= 15 is 0 Å². The fourth-order valence-corrected chi connectivity index (χ4v) is 5.62. The van der Waals surface area contributed by atoms with Gasteiger partial charge in [-0.25, -0.2) is 4.79 Å². The highest BCUT2D eigenvalue weighted by atomic mass is 28.3. The fourth-order valence-electron chi connectivity index (χ4n) is 3.29. The number of carbonyl (C=O) groups is 2. The highest BCUT2D eigenvalue weighted by Gasteiger charge is 2.37. The number of ether oxygens (including phenoxy) is 1.